The first kappa shape index (κ1) is 13.6. The molecule has 0 saturated carbocycles. The monoisotopic (exact) mass is 254 g/mol. The van der Waals surface area contributed by atoms with Crippen LogP contribution >= 0.6 is 0 Å². The fourth-order valence-electron chi connectivity index (χ4n) is 1.90. The third-order valence-corrected chi connectivity index (χ3v) is 3.81. The Morgan fingerprint density at radius 2 is 1.58 bits per heavy atom. The molecular weight excluding hydrogens is 239 g/mol. The molecule has 5 heteroatoms. The molecule has 0 amide bonds. The van der Waals surface area contributed by atoms with Gasteiger partial charge in [0.1, 0.15) is 0 Å². The molecule has 1 aliphatic heterocycles. The molecular formula is C14H15BN2O2. The first-order chi connectivity index (χ1) is 8.80. The third kappa shape index (κ3) is 2.23. The van der Waals surface area contributed by atoms with Crippen molar-refractivity contribution in [1.29, 1.82) is 10.5 Å². The SMILES string of the molecule is CC1(C)OB(c2cc(C#N)ccc2C#N)OC1(C)C. The van der Waals surface area contributed by atoms with Crippen LogP contribution in [0.3, 0.4) is 0 Å². The summed E-state index contributed by atoms with van der Waals surface area (Å²) < 4.78 is 11.8. The topological polar surface area (TPSA) is 66.0 Å². The number of rotatable bonds is 1. The lowest BCUT2D eigenvalue weighted by Crippen LogP contribution is -2.41. The fourth-order valence-corrected chi connectivity index (χ4v) is 1.90. The van der Waals surface area contributed by atoms with E-state index in [1.54, 1.807) is 18.2 Å². The van der Waals surface area contributed by atoms with E-state index in [0.717, 1.165) is 0 Å². The minimum Gasteiger partial charge on any atom is -0.399 e. The van der Waals surface area contributed by atoms with Crippen molar-refractivity contribution in [2.45, 2.75) is 38.9 Å². The molecule has 0 aromatic heterocycles. The minimum absolute atomic E-state index is 0.465. The molecule has 0 bridgehead atoms. The second kappa shape index (κ2) is 4.38. The van der Waals surface area contributed by atoms with Crippen molar-refractivity contribution in [3.8, 4) is 12.1 Å². The highest BCUT2D eigenvalue weighted by Crippen LogP contribution is 2.36. The molecule has 0 N–H and O–H groups in total. The van der Waals surface area contributed by atoms with E-state index >= 15 is 0 Å². The summed E-state index contributed by atoms with van der Waals surface area (Å²) in [6.07, 6.45) is 0. The summed E-state index contributed by atoms with van der Waals surface area (Å²) in [5.74, 6) is 0. The molecule has 19 heavy (non-hydrogen) atoms. The molecule has 1 heterocycles. The molecule has 2 rings (SSSR count). The van der Waals surface area contributed by atoms with Crippen LogP contribution in [-0.4, -0.2) is 18.3 Å². The maximum Gasteiger partial charge on any atom is 0.496 e. The largest absolute Gasteiger partial charge is 0.496 e. The Morgan fingerprint density at radius 3 is 2.05 bits per heavy atom. The zero-order chi connectivity index (χ0) is 14.3. The molecule has 96 valence electrons. The van der Waals surface area contributed by atoms with Gasteiger partial charge < -0.3 is 9.31 Å². The van der Waals surface area contributed by atoms with Crippen LogP contribution in [0, 0.1) is 22.7 Å². The zero-order valence-electron chi connectivity index (χ0n) is 11.5. The van der Waals surface area contributed by atoms with Gasteiger partial charge >= 0.3 is 7.12 Å². The first-order valence-corrected chi connectivity index (χ1v) is 6.10. The third-order valence-electron chi connectivity index (χ3n) is 3.81. The average molecular weight is 254 g/mol. The van der Waals surface area contributed by atoms with E-state index in [1.165, 1.54) is 0 Å². The van der Waals surface area contributed by atoms with Crippen LogP contribution in [0.1, 0.15) is 38.8 Å². The van der Waals surface area contributed by atoms with Crippen LogP contribution in [0.15, 0.2) is 18.2 Å². The van der Waals surface area contributed by atoms with Gasteiger partial charge in [-0.15, -0.1) is 0 Å². The van der Waals surface area contributed by atoms with Gasteiger partial charge in [0.2, 0.25) is 0 Å². The van der Waals surface area contributed by atoms with Crippen LogP contribution in [-0.2, 0) is 9.31 Å². The summed E-state index contributed by atoms with van der Waals surface area (Å²) in [6.45, 7) is 7.81. The Balaban J connectivity index is 2.45. The second-order valence-corrected chi connectivity index (χ2v) is 5.61. The van der Waals surface area contributed by atoms with E-state index < -0.39 is 18.3 Å². The maximum atomic E-state index is 9.16. The summed E-state index contributed by atoms with van der Waals surface area (Å²) in [4.78, 5) is 0. The number of benzene rings is 1. The number of nitriles is 2. The van der Waals surface area contributed by atoms with Gasteiger partial charge in [0.05, 0.1) is 34.5 Å². The quantitative estimate of drug-likeness (QED) is 0.716. The average Bonchev–Trinajstić information content (AvgIpc) is 2.57. The molecule has 4 nitrogen and oxygen atoms in total. The van der Waals surface area contributed by atoms with Gasteiger partial charge in [0, 0.05) is 5.46 Å². The molecule has 0 radical (unpaired) electrons. The van der Waals surface area contributed by atoms with E-state index in [1.807, 2.05) is 27.7 Å². The van der Waals surface area contributed by atoms with Crippen LogP contribution in [0.2, 0.25) is 0 Å². The van der Waals surface area contributed by atoms with Gasteiger partial charge in [-0.1, -0.05) is 0 Å². The summed E-state index contributed by atoms with van der Waals surface area (Å²) >= 11 is 0. The highest BCUT2D eigenvalue weighted by atomic mass is 16.7. The van der Waals surface area contributed by atoms with Crippen molar-refractivity contribution in [2.24, 2.45) is 0 Å². The van der Waals surface area contributed by atoms with Crippen molar-refractivity contribution in [3.05, 3.63) is 29.3 Å². The first-order valence-electron chi connectivity index (χ1n) is 6.10. The smallest absolute Gasteiger partial charge is 0.399 e. The number of hydrogen-bond donors (Lipinski definition) is 0. The van der Waals surface area contributed by atoms with Crippen molar-refractivity contribution < 1.29 is 9.31 Å². The lowest BCUT2D eigenvalue weighted by atomic mass is 9.75. The predicted octanol–water partition coefficient (Wildman–Crippen LogP) is 1.73. The van der Waals surface area contributed by atoms with E-state index in [-0.39, 0.29) is 0 Å². The van der Waals surface area contributed by atoms with Crippen molar-refractivity contribution in [3.63, 3.8) is 0 Å². The van der Waals surface area contributed by atoms with Crippen LogP contribution < -0.4 is 5.46 Å². The van der Waals surface area contributed by atoms with E-state index in [2.05, 4.69) is 12.1 Å². The summed E-state index contributed by atoms with van der Waals surface area (Å²) in [5, 5.41) is 18.1. The lowest BCUT2D eigenvalue weighted by Gasteiger charge is -2.32. The van der Waals surface area contributed by atoms with Crippen LogP contribution in [0.4, 0.5) is 0 Å². The lowest BCUT2D eigenvalue weighted by molar-refractivity contribution is 0.00578. The summed E-state index contributed by atoms with van der Waals surface area (Å²) in [7, 11) is -0.618. The van der Waals surface area contributed by atoms with E-state index in [0.29, 0.717) is 16.6 Å². The Kier molecular flexibility index (Phi) is 3.14. The van der Waals surface area contributed by atoms with Crippen LogP contribution in [0.5, 0.6) is 0 Å². The number of hydrogen-bond acceptors (Lipinski definition) is 4. The second-order valence-electron chi connectivity index (χ2n) is 5.61. The molecule has 1 aliphatic rings. The molecule has 1 aromatic carbocycles. The van der Waals surface area contributed by atoms with Crippen molar-refractivity contribution in [1.82, 2.24) is 0 Å². The highest BCUT2D eigenvalue weighted by Gasteiger charge is 2.52. The molecule has 0 aliphatic carbocycles. The Bertz CT molecular complexity index is 580. The van der Waals surface area contributed by atoms with E-state index in [4.69, 9.17) is 19.8 Å². The molecule has 1 fully saturated rings. The Hall–Kier alpha value is -1.82. The fraction of sp³-hybridized carbons (Fsp3) is 0.429. The van der Waals surface area contributed by atoms with Gasteiger partial charge in [-0.05, 0) is 45.9 Å². The molecule has 0 unspecified atom stereocenters. The predicted molar refractivity (Wildman–Crippen MR) is 71.6 cm³/mol. The van der Waals surface area contributed by atoms with Gasteiger partial charge in [0.25, 0.3) is 0 Å². The Morgan fingerprint density at radius 1 is 1.00 bits per heavy atom. The zero-order valence-corrected chi connectivity index (χ0v) is 11.5. The standard InChI is InChI=1S/C14H15BN2O2/c1-13(2)14(3,4)19-15(18-13)12-7-10(8-16)5-6-11(12)9-17/h5-7H,1-4H3. The maximum absolute atomic E-state index is 9.16. The van der Waals surface area contributed by atoms with Crippen molar-refractivity contribution >= 4 is 12.6 Å². The molecule has 0 atom stereocenters. The normalized spacial score (nSPS) is 19.8. The van der Waals surface area contributed by atoms with Crippen molar-refractivity contribution in [2.75, 3.05) is 0 Å². The minimum atomic E-state index is -0.618. The highest BCUT2D eigenvalue weighted by molar-refractivity contribution is 6.62. The van der Waals surface area contributed by atoms with Gasteiger partial charge in [-0.25, -0.2) is 0 Å². The van der Waals surface area contributed by atoms with Gasteiger partial charge in [-0.3, -0.25) is 0 Å². The Labute approximate surface area is 113 Å². The van der Waals surface area contributed by atoms with Crippen LogP contribution in [0.25, 0.3) is 0 Å². The molecule has 1 saturated heterocycles. The number of nitrogens with zero attached hydrogens (tertiary/aromatic N) is 2. The summed E-state index contributed by atoms with van der Waals surface area (Å²) in [5.41, 5.74) is 0.640. The molecule has 1 aromatic rings. The van der Waals surface area contributed by atoms with E-state index in [9.17, 15) is 0 Å². The van der Waals surface area contributed by atoms with Gasteiger partial charge in [-0.2, -0.15) is 10.5 Å². The molecule has 0 spiro atoms. The summed E-state index contributed by atoms with van der Waals surface area (Å²) in [6, 6.07) is 9.07. The van der Waals surface area contributed by atoms with Gasteiger partial charge in [0.15, 0.2) is 0 Å².